The van der Waals surface area contributed by atoms with Gasteiger partial charge in [-0.1, -0.05) is 148 Å². The maximum atomic E-state index is 9.92. The molecule has 0 rings (SSSR count). The Hall–Kier alpha value is -3.44. The van der Waals surface area contributed by atoms with Gasteiger partial charge in [0.2, 0.25) is 0 Å². The minimum absolute atomic E-state index is 0.731. The van der Waals surface area contributed by atoms with Gasteiger partial charge in [0.05, 0.1) is 0 Å². The lowest BCUT2D eigenvalue weighted by atomic mass is 10.0. The molecule has 0 heterocycles. The van der Waals surface area contributed by atoms with Gasteiger partial charge in [-0.2, -0.15) is 0 Å². The minimum atomic E-state index is -0.891. The molecule has 0 amide bonds. The maximum Gasteiger partial charge on any atom is 0.176 e. The van der Waals surface area contributed by atoms with Crippen LogP contribution in [0.4, 0.5) is 0 Å². The van der Waals surface area contributed by atoms with Crippen LogP contribution in [0.25, 0.3) is 0 Å². The Morgan fingerprint density at radius 2 is 0.776 bits per heavy atom. The lowest BCUT2D eigenvalue weighted by molar-refractivity contribution is 0.280. The molecule has 0 aliphatic carbocycles. The predicted molar refractivity (Wildman–Crippen MR) is 212 cm³/mol. The number of rotatable bonds is 29. The van der Waals surface area contributed by atoms with E-state index in [0.29, 0.717) is 0 Å². The fourth-order valence-electron chi connectivity index (χ4n) is 4.92. The molecule has 0 aliphatic rings. The highest BCUT2D eigenvalue weighted by molar-refractivity contribution is 5.25. The first-order chi connectivity index (χ1) is 24.1. The quantitative estimate of drug-likeness (QED) is 0.0423. The number of terminal acetylenes is 2. The summed E-state index contributed by atoms with van der Waals surface area (Å²) in [6.07, 6.45) is 59.0. The van der Waals surface area contributed by atoms with Gasteiger partial charge in [0.15, 0.2) is 6.10 Å². The molecule has 0 saturated heterocycles. The second kappa shape index (κ2) is 39.0. The van der Waals surface area contributed by atoms with Gasteiger partial charge in [-0.25, -0.2) is 0 Å². The first kappa shape index (κ1) is 45.6. The fraction of sp³-hybridized carbons (Fsp3) is 0.565. The number of hydrogen-bond acceptors (Lipinski definition) is 3. The molecule has 3 nitrogen and oxygen atoms in total. The van der Waals surface area contributed by atoms with Crippen molar-refractivity contribution in [3.05, 3.63) is 72.9 Å². The molecule has 0 aromatic rings. The number of hydrogen-bond donors (Lipinski definition) is 3. The molecule has 3 N–H and O–H groups in total. The lowest BCUT2D eigenvalue weighted by Gasteiger charge is -2.02. The topological polar surface area (TPSA) is 60.7 Å². The normalized spacial score (nSPS) is 13.6. The van der Waals surface area contributed by atoms with Gasteiger partial charge in [-0.3, -0.25) is 0 Å². The van der Waals surface area contributed by atoms with Gasteiger partial charge in [0.25, 0.3) is 0 Å². The molecule has 0 unspecified atom stereocenters. The van der Waals surface area contributed by atoms with Gasteiger partial charge < -0.3 is 15.3 Å². The van der Waals surface area contributed by atoms with Crippen molar-refractivity contribution in [3.63, 3.8) is 0 Å². The Morgan fingerprint density at radius 3 is 1.29 bits per heavy atom. The van der Waals surface area contributed by atoms with E-state index in [9.17, 15) is 15.3 Å². The molecule has 0 saturated carbocycles. The van der Waals surface area contributed by atoms with Gasteiger partial charge in [0, 0.05) is 6.42 Å². The lowest BCUT2D eigenvalue weighted by Crippen LogP contribution is -1.96. The van der Waals surface area contributed by atoms with E-state index in [-0.39, 0.29) is 0 Å². The van der Waals surface area contributed by atoms with Crippen LogP contribution in [-0.4, -0.2) is 33.6 Å². The molecular formula is C46H66O3. The van der Waals surface area contributed by atoms with Crippen LogP contribution in [0.5, 0.6) is 0 Å². The van der Waals surface area contributed by atoms with Crippen LogP contribution < -0.4 is 0 Å². The summed E-state index contributed by atoms with van der Waals surface area (Å²) in [4.78, 5) is 0. The van der Waals surface area contributed by atoms with Crippen LogP contribution >= 0.6 is 0 Å². The third-order valence-corrected chi connectivity index (χ3v) is 7.81. The standard InChI is InChI=1S/C46H66O3/c1-3-44(47)40-36-32-28-24-20-16-12-10-8-6-5-7-9-11-13-18-22-26-30-34-38-42-46(49)43-39-35-31-27-23-19-15-14-17-21-25-29-33-37-41-45(48)4-2/h1-2,13,18,21,23,25,27,30,34,36-37,40-41,44-49H,5-12,14-17,19-20,22,24,26,28-29,31-33,35H2/b18-13-,25-21-,27-23-,34-30+,40-36+,41-37+/t44-,45-,46-/m1/s1. The Bertz CT molecular complexity index is 1150. The SMILES string of the molecule is C#C[C@@H](O)/C=C/CC/C=C\CCCC/C=C\CCC#C[C@H](O)C#C/C=C/CC/C=C\CCCCCCCCCCCCC/C=C/[C@H](O)C#C. The molecule has 0 aromatic heterocycles. The molecule has 0 spiro atoms. The smallest absolute Gasteiger partial charge is 0.176 e. The molecule has 0 aromatic carbocycles. The van der Waals surface area contributed by atoms with Crippen molar-refractivity contribution in [1.82, 2.24) is 0 Å². The van der Waals surface area contributed by atoms with E-state index in [1.54, 1.807) is 12.2 Å². The molecule has 0 radical (unpaired) electrons. The van der Waals surface area contributed by atoms with E-state index in [0.717, 1.165) is 57.8 Å². The molecular weight excluding hydrogens is 601 g/mol. The van der Waals surface area contributed by atoms with Gasteiger partial charge in [0.1, 0.15) is 12.2 Å². The van der Waals surface area contributed by atoms with Crippen molar-refractivity contribution < 1.29 is 15.3 Å². The van der Waals surface area contributed by atoms with Crippen molar-refractivity contribution in [2.24, 2.45) is 0 Å². The average Bonchev–Trinajstić information content (AvgIpc) is 3.11. The van der Waals surface area contributed by atoms with E-state index in [1.165, 1.54) is 89.9 Å². The molecule has 3 atom stereocenters. The molecule has 3 heteroatoms. The monoisotopic (exact) mass is 667 g/mol. The molecule has 0 fully saturated rings. The first-order valence-electron chi connectivity index (χ1n) is 19.0. The van der Waals surface area contributed by atoms with Crippen molar-refractivity contribution in [3.8, 4) is 48.4 Å². The molecule has 268 valence electrons. The molecule has 0 aliphatic heterocycles. The Balaban J connectivity index is 3.56. The van der Waals surface area contributed by atoms with Crippen LogP contribution in [0.3, 0.4) is 0 Å². The van der Waals surface area contributed by atoms with Crippen LogP contribution in [0.1, 0.15) is 148 Å². The Kier molecular flexibility index (Phi) is 36.3. The number of aliphatic hydroxyl groups is 3. The summed E-state index contributed by atoms with van der Waals surface area (Å²) >= 11 is 0. The van der Waals surface area contributed by atoms with Gasteiger partial charge in [-0.05, 0) is 102 Å². The molecule has 49 heavy (non-hydrogen) atoms. The van der Waals surface area contributed by atoms with E-state index >= 15 is 0 Å². The highest BCUT2D eigenvalue weighted by Gasteiger charge is 1.94. The first-order valence-corrected chi connectivity index (χ1v) is 19.0. The summed E-state index contributed by atoms with van der Waals surface area (Å²) in [7, 11) is 0. The van der Waals surface area contributed by atoms with Crippen molar-refractivity contribution in [2.75, 3.05) is 0 Å². The predicted octanol–water partition coefficient (Wildman–Crippen LogP) is 10.7. The second-order valence-corrected chi connectivity index (χ2v) is 12.4. The van der Waals surface area contributed by atoms with Crippen LogP contribution in [0.2, 0.25) is 0 Å². The third-order valence-electron chi connectivity index (χ3n) is 7.81. The van der Waals surface area contributed by atoms with E-state index < -0.39 is 18.3 Å². The second-order valence-electron chi connectivity index (χ2n) is 12.4. The number of allylic oxidation sites excluding steroid dienone is 10. The number of unbranched alkanes of at least 4 members (excludes halogenated alkanes) is 18. The zero-order valence-corrected chi connectivity index (χ0v) is 30.4. The van der Waals surface area contributed by atoms with E-state index in [4.69, 9.17) is 12.8 Å². The zero-order valence-electron chi connectivity index (χ0n) is 30.4. The van der Waals surface area contributed by atoms with Crippen LogP contribution in [-0.2, 0) is 0 Å². The Labute approximate surface area is 301 Å². The maximum absolute atomic E-state index is 9.92. The average molecular weight is 667 g/mol. The summed E-state index contributed by atoms with van der Waals surface area (Å²) in [6.45, 7) is 0. The summed E-state index contributed by atoms with van der Waals surface area (Å²) in [5.41, 5.74) is 0. The van der Waals surface area contributed by atoms with E-state index in [2.05, 4.69) is 78.1 Å². The van der Waals surface area contributed by atoms with Gasteiger partial charge in [-0.15, -0.1) is 12.8 Å². The molecule has 0 bridgehead atoms. The highest BCUT2D eigenvalue weighted by Crippen LogP contribution is 2.13. The largest absolute Gasteiger partial charge is 0.377 e. The zero-order chi connectivity index (χ0) is 35.7. The van der Waals surface area contributed by atoms with Crippen molar-refractivity contribution >= 4 is 0 Å². The fourth-order valence-corrected chi connectivity index (χ4v) is 4.92. The third kappa shape index (κ3) is 38.9. The summed E-state index contributed by atoms with van der Waals surface area (Å²) in [5, 5.41) is 28.4. The van der Waals surface area contributed by atoms with Crippen LogP contribution in [0.15, 0.2) is 72.9 Å². The van der Waals surface area contributed by atoms with Crippen molar-refractivity contribution in [1.29, 1.82) is 0 Å². The number of aliphatic hydroxyl groups excluding tert-OH is 3. The van der Waals surface area contributed by atoms with Crippen molar-refractivity contribution in [2.45, 2.75) is 166 Å². The van der Waals surface area contributed by atoms with Crippen LogP contribution in [0, 0.1) is 48.4 Å². The summed E-state index contributed by atoms with van der Waals surface area (Å²) < 4.78 is 0. The highest BCUT2D eigenvalue weighted by atomic mass is 16.3. The summed E-state index contributed by atoms with van der Waals surface area (Å²) in [5.74, 6) is 16.1. The Morgan fingerprint density at radius 1 is 0.408 bits per heavy atom. The van der Waals surface area contributed by atoms with E-state index in [1.807, 2.05) is 18.2 Å². The minimum Gasteiger partial charge on any atom is -0.377 e. The summed E-state index contributed by atoms with van der Waals surface area (Å²) in [6, 6.07) is 0. The van der Waals surface area contributed by atoms with Gasteiger partial charge >= 0.3 is 0 Å².